The number of hydrogen-bond donors (Lipinski definition) is 34. The largest absolute Gasteiger partial charge is 0.481 e. The van der Waals surface area contributed by atoms with E-state index in [9.17, 15) is 179 Å². The first-order valence-corrected chi connectivity index (χ1v) is 47.5. The zero-order valence-electron chi connectivity index (χ0n) is 77.8. The number of aliphatic hydroxyl groups is 15. The van der Waals surface area contributed by atoms with E-state index in [0.717, 1.165) is 21.6 Å². The van der Waals surface area contributed by atoms with Gasteiger partial charge >= 0.3 is 29.8 Å². The summed E-state index contributed by atoms with van der Waals surface area (Å²) in [7, 11) is 1.63. The highest BCUT2D eigenvalue weighted by Crippen LogP contribution is 2.28. The standard InChI is InChI=1S/C86H119N21O37S2/c87-73-65-74(105-85(88)104-73)95-28-44(97-65)26-90-42-10-3-38(4-11-42)77(134)102-50(83(141)142)21-22-145-146-36-51(84(143)144)103-80(137)41(7-18-62(122)94-32-56(116)69(129)72(132)59(119)35-110)25-53(113)48(15-20-64(125)126)100-79(136)40(6-17-61(121)93-31-55(115)68(128)71(131)58(118)34-109)24-52(112)47(14-19-63(123)124)99-78(135)39(5-16-60(120)92-30-54(114)67(127)70(130)57(117)33-108)23-46(111)12-13-49(82(139)140)101-76(133)37-1-8-43(9-2-37)91-27-45-29-96-75-66(98-45)81(138)107-86(89)106-75/h1-4,8-11,28-29,39-41,47-51,54-59,67-72,90-91,108-110,114-119,127-132H,5-7,12-27,30-36H2,(H,92,120)(H,93,121)(H,94,122)(H,99,135)(H,100,136)(H,101,133)(H,102,134)(H,103,137)(H,123,124)(H,125,126)(H,139,140)(H,141,142)(H,143,144)(H4,87,88,95,104,105)(H3,89,96,106,107,138)/t39-,40-,41-,47+,48+,49+,50+,51+,54+,55+,56+,57-,58-,59-,67-,68-,69-,70-,71-,72-/m1/s1. The molecule has 0 aliphatic heterocycles. The molecule has 20 atom stereocenters. The molecule has 2 aromatic carbocycles. The van der Waals surface area contributed by atoms with E-state index in [1.165, 1.54) is 60.9 Å². The van der Waals surface area contributed by atoms with Crippen molar-refractivity contribution in [3.63, 3.8) is 0 Å². The summed E-state index contributed by atoms with van der Waals surface area (Å²) < 4.78 is 0. The number of Topliss-reactive ketones (excluding diaryl/α,β-unsaturated/α-hetero) is 3. The summed E-state index contributed by atoms with van der Waals surface area (Å²) in [6.07, 6.45) is -36.8. The smallest absolute Gasteiger partial charge is 0.327 e. The lowest BCUT2D eigenvalue weighted by Gasteiger charge is -2.26. The summed E-state index contributed by atoms with van der Waals surface area (Å²) in [6.45, 7) is -5.97. The van der Waals surface area contributed by atoms with Gasteiger partial charge in [-0.15, -0.1) is 0 Å². The molecule has 0 spiro atoms. The number of carboxylic acid groups (broad SMARTS) is 5. The molecular formula is C86H119N21O37S2. The van der Waals surface area contributed by atoms with E-state index in [1.807, 2.05) is 0 Å². The molecule has 146 heavy (non-hydrogen) atoms. The van der Waals surface area contributed by atoms with Crippen LogP contribution in [0.3, 0.4) is 0 Å². The second-order valence-corrected chi connectivity index (χ2v) is 36.1. The van der Waals surface area contributed by atoms with Crippen LogP contribution in [0.5, 0.6) is 0 Å². The van der Waals surface area contributed by atoms with Crippen molar-refractivity contribution in [1.82, 2.24) is 82.4 Å². The highest BCUT2D eigenvalue weighted by atomic mass is 33.1. The number of nitrogens with two attached hydrogens (primary N) is 3. The van der Waals surface area contributed by atoms with E-state index < -0.39 is 363 Å². The minimum absolute atomic E-state index is 0.00219. The second kappa shape index (κ2) is 60.3. The summed E-state index contributed by atoms with van der Waals surface area (Å²) >= 11 is 0. The molecule has 0 aliphatic rings. The van der Waals surface area contributed by atoms with Crippen molar-refractivity contribution >= 4 is 167 Å². The Bertz CT molecular complexity index is 5540. The van der Waals surface area contributed by atoms with Gasteiger partial charge in [-0.2, -0.15) is 15.0 Å². The molecule has 8 amide bonds. The van der Waals surface area contributed by atoms with Crippen molar-refractivity contribution in [3.8, 4) is 0 Å². The fourth-order valence-corrected chi connectivity index (χ4v) is 16.1. The predicted octanol–water partition coefficient (Wildman–Crippen LogP) is -9.97. The number of carbonyl (C=O) groups is 16. The molecule has 0 unspecified atom stereocenters. The molecule has 0 aliphatic carbocycles. The number of nitrogens with zero attached hydrogens (tertiary/aromatic N) is 7. The molecule has 58 nitrogen and oxygen atoms in total. The number of aromatic amines is 1. The predicted molar refractivity (Wildman–Crippen MR) is 507 cm³/mol. The Morgan fingerprint density at radius 3 is 1.12 bits per heavy atom. The number of aliphatic carboxylic acids is 5. The molecule has 0 saturated heterocycles. The Hall–Kier alpha value is -13.7. The second-order valence-electron chi connectivity index (χ2n) is 33.5. The first-order valence-electron chi connectivity index (χ1n) is 45.0. The van der Waals surface area contributed by atoms with Crippen LogP contribution in [0.1, 0.15) is 135 Å². The number of aliphatic hydroxyl groups excluding tert-OH is 15. The maximum atomic E-state index is 15.0. The van der Waals surface area contributed by atoms with E-state index in [-0.39, 0.29) is 82.1 Å². The van der Waals surface area contributed by atoms with Crippen molar-refractivity contribution in [3.05, 3.63) is 93.8 Å². The molecule has 0 radical (unpaired) electrons. The van der Waals surface area contributed by atoms with Gasteiger partial charge in [0.05, 0.1) is 87.1 Å². The number of ketones is 3. The average molecular weight is 2100 g/mol. The summed E-state index contributed by atoms with van der Waals surface area (Å²) in [5, 5.41) is 226. The SMILES string of the molecule is Nc1nc(N)c2nc(CNc3ccc(C(=O)N[C@@H](CCSSC[C@H](NC(=O)[C@H](CCC(=O)NC[C@H](O)[C@@H](O)[C@H](O)[C@H](O)CO)CC(=O)[C@H](CCC(=O)O)NC(=O)[C@H](CCC(=O)NC[C@H](O)[C@@H](O)[C@H](O)[C@H](O)CO)CC(=O)[C@H](CCC(=O)O)NC(=O)[C@H](CCC(=O)NC[C@H](O)[C@@H](O)[C@H](O)[C@H](O)CO)CC(=O)CC[C@H](NC(=O)c4ccc(NCc5cnc6nc(N)[nH]c(=O)c6n5)cc4)C(=O)O)C(=O)O)C(=O)O)cc3)cnc2n1. The lowest BCUT2D eigenvalue weighted by atomic mass is 9.89. The number of fused-ring (bicyclic) bond motifs is 2. The maximum absolute atomic E-state index is 15.0. The van der Waals surface area contributed by atoms with E-state index in [1.54, 1.807) is 0 Å². The Morgan fingerprint density at radius 1 is 0.377 bits per heavy atom. The molecule has 37 N–H and O–H groups in total. The lowest BCUT2D eigenvalue weighted by Crippen LogP contribution is -2.50. The molecule has 4 aromatic heterocycles. The number of nitrogens with one attached hydrogen (secondary N) is 11. The fraction of sp³-hybridized carbons (Fsp3) is 0.535. The van der Waals surface area contributed by atoms with Crippen LogP contribution in [0.4, 0.5) is 29.1 Å². The van der Waals surface area contributed by atoms with Gasteiger partial charge in [0.1, 0.15) is 78.8 Å². The molecule has 0 bridgehead atoms. The van der Waals surface area contributed by atoms with Crippen LogP contribution in [0.2, 0.25) is 0 Å². The normalized spacial score (nSPS) is 15.6. The first kappa shape index (κ1) is 121. The quantitative estimate of drug-likeness (QED) is 0.0125. The zero-order valence-corrected chi connectivity index (χ0v) is 79.4. The number of carbonyl (C=O) groups excluding carboxylic acids is 11. The van der Waals surface area contributed by atoms with Gasteiger partial charge in [-0.3, -0.25) is 72.1 Å². The summed E-state index contributed by atoms with van der Waals surface area (Å²) in [5.41, 5.74) is 18.2. The Balaban J connectivity index is 1.25. The van der Waals surface area contributed by atoms with Gasteiger partial charge in [-0.1, -0.05) is 21.6 Å². The van der Waals surface area contributed by atoms with Crippen LogP contribution in [0.25, 0.3) is 22.3 Å². The molecule has 6 aromatic rings. The maximum Gasteiger partial charge on any atom is 0.327 e. The third-order valence-corrected chi connectivity index (χ3v) is 24.9. The van der Waals surface area contributed by atoms with E-state index in [2.05, 4.69) is 93.0 Å². The minimum Gasteiger partial charge on any atom is -0.481 e. The van der Waals surface area contributed by atoms with Gasteiger partial charge in [0, 0.05) is 129 Å². The van der Waals surface area contributed by atoms with Gasteiger partial charge < -0.3 is 172 Å². The third-order valence-electron chi connectivity index (χ3n) is 22.4. The summed E-state index contributed by atoms with van der Waals surface area (Å²) in [6, 6.07) is 1.67. The van der Waals surface area contributed by atoms with E-state index in [0.29, 0.717) is 17.1 Å². The first-order chi connectivity index (χ1) is 69.0. The van der Waals surface area contributed by atoms with Crippen molar-refractivity contribution in [1.29, 1.82) is 0 Å². The topological polar surface area (TPSA) is 999 Å². The number of benzene rings is 2. The van der Waals surface area contributed by atoms with E-state index in [4.69, 9.17) is 17.2 Å². The number of nitrogen functional groups attached to an aromatic ring is 3. The Labute approximate surface area is 834 Å². The zero-order chi connectivity index (χ0) is 108. The fourth-order valence-electron chi connectivity index (χ4n) is 13.9. The average Bonchev–Trinajstić information content (AvgIpc) is 0.811. The van der Waals surface area contributed by atoms with Crippen LogP contribution in [-0.4, -0.2) is 391 Å². The molecular weight excluding hydrogens is 1980 g/mol. The summed E-state index contributed by atoms with van der Waals surface area (Å²) in [4.78, 5) is 262. The van der Waals surface area contributed by atoms with Gasteiger partial charge in [-0.25, -0.2) is 34.3 Å². The molecule has 6 rings (SSSR count). The highest BCUT2D eigenvalue weighted by molar-refractivity contribution is 8.76. The van der Waals surface area contributed by atoms with Crippen LogP contribution in [0.15, 0.2) is 65.7 Å². The molecule has 0 fully saturated rings. The number of anilines is 5. The third kappa shape index (κ3) is 40.0. The van der Waals surface area contributed by atoms with Gasteiger partial charge in [-0.05, 0) is 93.5 Å². The number of hydrogen-bond acceptors (Lipinski definition) is 46. The minimum atomic E-state index is -2.26. The molecule has 0 saturated carbocycles. The summed E-state index contributed by atoms with van der Waals surface area (Å²) in [5.74, 6) is -27.8. The van der Waals surface area contributed by atoms with Crippen molar-refractivity contribution in [2.45, 2.75) is 219 Å². The van der Waals surface area contributed by atoms with Gasteiger partial charge in [0.2, 0.25) is 47.3 Å². The van der Waals surface area contributed by atoms with Crippen molar-refractivity contribution < 1.29 is 179 Å². The highest BCUT2D eigenvalue weighted by Gasteiger charge is 2.39. The van der Waals surface area contributed by atoms with E-state index >= 15 is 4.79 Å². The van der Waals surface area contributed by atoms with Crippen LogP contribution in [-0.2, 0) is 80.2 Å². The monoisotopic (exact) mass is 2100 g/mol. The number of aromatic nitrogens is 8. The molecule has 4 heterocycles. The lowest BCUT2D eigenvalue weighted by molar-refractivity contribution is -0.142. The van der Waals surface area contributed by atoms with Crippen LogP contribution in [0, 0.1) is 17.8 Å². The molecule has 802 valence electrons. The number of rotatable bonds is 69. The Kier molecular flexibility index (Phi) is 50.0. The molecule has 60 heteroatoms. The van der Waals surface area contributed by atoms with Crippen LogP contribution < -0.4 is 75.9 Å². The Morgan fingerprint density at radius 2 is 0.733 bits per heavy atom. The van der Waals surface area contributed by atoms with Crippen molar-refractivity contribution in [2.75, 3.05) is 78.8 Å². The van der Waals surface area contributed by atoms with Crippen LogP contribution >= 0.6 is 21.6 Å². The van der Waals surface area contributed by atoms with Gasteiger partial charge in [0.15, 0.2) is 39.7 Å². The van der Waals surface area contributed by atoms with Crippen molar-refractivity contribution in [2.24, 2.45) is 17.8 Å². The number of carboxylic acids is 5. The van der Waals surface area contributed by atoms with Gasteiger partial charge in [0.25, 0.3) is 17.4 Å². The number of H-pyrrole nitrogens is 1. The number of amides is 8.